The van der Waals surface area contributed by atoms with Gasteiger partial charge in [-0.2, -0.15) is 0 Å². The van der Waals surface area contributed by atoms with Gasteiger partial charge in [-0.3, -0.25) is 9.59 Å². The van der Waals surface area contributed by atoms with E-state index >= 15 is 0 Å². The van der Waals surface area contributed by atoms with Crippen LogP contribution >= 0.6 is 0 Å². The average molecular weight is 284 g/mol. The lowest BCUT2D eigenvalue weighted by molar-refractivity contribution is -0.138. The molecule has 0 aromatic carbocycles. The van der Waals surface area contributed by atoms with Crippen molar-refractivity contribution in [3.8, 4) is 0 Å². The Balaban J connectivity index is 2.59. The summed E-state index contributed by atoms with van der Waals surface area (Å²) in [6.45, 7) is 5.79. The fourth-order valence-electron chi connectivity index (χ4n) is 2.75. The lowest BCUT2D eigenvalue weighted by Gasteiger charge is -2.35. The Morgan fingerprint density at radius 2 is 1.80 bits per heavy atom. The fraction of sp³-hybridized carbons (Fsp3) is 0.867. The number of nitrogens with two attached hydrogens (primary N) is 1. The van der Waals surface area contributed by atoms with Crippen molar-refractivity contribution in [1.82, 2.24) is 5.32 Å². The molecule has 0 heterocycles. The molecule has 0 aromatic rings. The van der Waals surface area contributed by atoms with Crippen LogP contribution in [0.2, 0.25) is 0 Å². The van der Waals surface area contributed by atoms with E-state index in [1.165, 1.54) is 6.42 Å². The van der Waals surface area contributed by atoms with Gasteiger partial charge in [-0.15, -0.1) is 0 Å². The molecule has 1 amide bonds. The summed E-state index contributed by atoms with van der Waals surface area (Å²) in [5, 5.41) is 11.8. The minimum absolute atomic E-state index is 0.0627. The highest BCUT2D eigenvalue weighted by Gasteiger charge is 2.33. The Bertz CT molecular complexity index is 355. The highest BCUT2D eigenvalue weighted by Crippen LogP contribution is 2.29. The van der Waals surface area contributed by atoms with Crippen molar-refractivity contribution >= 4 is 11.9 Å². The SMILES string of the molecule is CC(C)(C)C(CC(=O)O)NC(=O)CC1(N)CCCCC1. The second-order valence-corrected chi connectivity index (χ2v) is 7.18. The molecule has 1 aliphatic rings. The summed E-state index contributed by atoms with van der Waals surface area (Å²) in [6.07, 6.45) is 5.30. The van der Waals surface area contributed by atoms with Gasteiger partial charge in [0.2, 0.25) is 5.91 Å². The molecule has 0 spiro atoms. The molecule has 4 N–H and O–H groups in total. The summed E-state index contributed by atoms with van der Waals surface area (Å²) < 4.78 is 0. The maximum Gasteiger partial charge on any atom is 0.305 e. The standard InChI is InChI=1S/C15H28N2O3/c1-14(2,3)11(9-13(19)20)17-12(18)10-15(16)7-5-4-6-8-15/h11H,4-10,16H2,1-3H3,(H,17,18)(H,19,20). The van der Waals surface area contributed by atoms with Crippen LogP contribution in [0, 0.1) is 5.41 Å². The zero-order valence-corrected chi connectivity index (χ0v) is 12.9. The van der Waals surface area contributed by atoms with Gasteiger partial charge in [0.1, 0.15) is 0 Å². The highest BCUT2D eigenvalue weighted by atomic mass is 16.4. The summed E-state index contributed by atoms with van der Waals surface area (Å²) in [6, 6.07) is -0.375. The Hall–Kier alpha value is -1.10. The molecule has 20 heavy (non-hydrogen) atoms. The number of rotatable bonds is 5. The normalized spacial score (nSPS) is 20.2. The first-order valence-electron chi connectivity index (χ1n) is 7.42. The first kappa shape index (κ1) is 17.0. The maximum absolute atomic E-state index is 12.2. The number of carbonyl (C=O) groups excluding carboxylic acids is 1. The molecule has 5 nitrogen and oxygen atoms in total. The minimum atomic E-state index is -0.898. The van der Waals surface area contributed by atoms with Gasteiger partial charge in [0.25, 0.3) is 0 Å². The third kappa shape index (κ3) is 5.49. The second kappa shape index (κ2) is 6.57. The number of carboxylic acids is 1. The van der Waals surface area contributed by atoms with Crippen LogP contribution in [-0.4, -0.2) is 28.6 Å². The molecule has 0 radical (unpaired) electrons. The highest BCUT2D eigenvalue weighted by molar-refractivity contribution is 5.78. The molecule has 116 valence electrons. The third-order valence-corrected chi connectivity index (χ3v) is 4.12. The number of hydrogen-bond acceptors (Lipinski definition) is 3. The summed E-state index contributed by atoms with van der Waals surface area (Å²) in [7, 11) is 0. The fourth-order valence-corrected chi connectivity index (χ4v) is 2.75. The Labute approximate surface area is 121 Å². The third-order valence-electron chi connectivity index (χ3n) is 4.12. The van der Waals surface area contributed by atoms with Crippen molar-refractivity contribution in [2.24, 2.45) is 11.1 Å². The number of carboxylic acid groups (broad SMARTS) is 1. The monoisotopic (exact) mass is 284 g/mol. The quantitative estimate of drug-likeness (QED) is 0.720. The van der Waals surface area contributed by atoms with E-state index in [0.29, 0.717) is 6.42 Å². The van der Waals surface area contributed by atoms with Gasteiger partial charge < -0.3 is 16.2 Å². The van der Waals surface area contributed by atoms with Crippen molar-refractivity contribution in [1.29, 1.82) is 0 Å². The Morgan fingerprint density at radius 3 is 2.25 bits per heavy atom. The van der Waals surface area contributed by atoms with Gasteiger partial charge in [-0.25, -0.2) is 0 Å². The predicted octanol–water partition coefficient (Wildman–Crippen LogP) is 2.04. The lowest BCUT2D eigenvalue weighted by Crippen LogP contribution is -2.50. The number of aliphatic carboxylic acids is 1. The molecule has 0 bridgehead atoms. The van der Waals surface area contributed by atoms with Gasteiger partial charge >= 0.3 is 5.97 Å². The van der Waals surface area contributed by atoms with Crippen molar-refractivity contribution in [2.45, 2.75) is 77.3 Å². The van der Waals surface area contributed by atoms with Gasteiger partial charge in [0.05, 0.1) is 6.42 Å². The van der Waals surface area contributed by atoms with E-state index in [4.69, 9.17) is 10.8 Å². The first-order valence-corrected chi connectivity index (χ1v) is 7.42. The molecule has 5 heteroatoms. The van der Waals surface area contributed by atoms with E-state index < -0.39 is 11.5 Å². The van der Waals surface area contributed by atoms with E-state index in [1.54, 1.807) is 0 Å². The largest absolute Gasteiger partial charge is 0.481 e. The zero-order chi connectivity index (χ0) is 15.4. The lowest BCUT2D eigenvalue weighted by atomic mass is 9.79. The molecular weight excluding hydrogens is 256 g/mol. The van der Waals surface area contributed by atoms with E-state index in [-0.39, 0.29) is 23.8 Å². The van der Waals surface area contributed by atoms with Crippen LogP contribution < -0.4 is 11.1 Å². The molecule has 1 aliphatic carbocycles. The first-order chi connectivity index (χ1) is 9.12. The van der Waals surface area contributed by atoms with Crippen molar-refractivity contribution in [3.63, 3.8) is 0 Å². The van der Waals surface area contributed by atoms with Crippen molar-refractivity contribution in [2.75, 3.05) is 0 Å². The Kier molecular flexibility index (Phi) is 5.57. The predicted molar refractivity (Wildman–Crippen MR) is 78.3 cm³/mol. The van der Waals surface area contributed by atoms with Crippen LogP contribution in [0.4, 0.5) is 0 Å². The van der Waals surface area contributed by atoms with Crippen LogP contribution in [0.25, 0.3) is 0 Å². The minimum Gasteiger partial charge on any atom is -0.481 e. The zero-order valence-electron chi connectivity index (χ0n) is 12.9. The summed E-state index contributed by atoms with van der Waals surface area (Å²) >= 11 is 0. The summed E-state index contributed by atoms with van der Waals surface area (Å²) in [5.74, 6) is -1.03. The molecule has 0 aliphatic heterocycles. The maximum atomic E-state index is 12.2. The van der Waals surface area contributed by atoms with E-state index in [0.717, 1.165) is 25.7 Å². The summed E-state index contributed by atoms with van der Waals surface area (Å²) in [5.41, 5.74) is 5.57. The van der Waals surface area contributed by atoms with Crippen LogP contribution in [0.15, 0.2) is 0 Å². The number of amides is 1. The van der Waals surface area contributed by atoms with E-state index in [9.17, 15) is 9.59 Å². The molecule has 1 rings (SSSR count). The van der Waals surface area contributed by atoms with Gasteiger partial charge in [-0.05, 0) is 18.3 Å². The van der Waals surface area contributed by atoms with Crippen LogP contribution in [-0.2, 0) is 9.59 Å². The second-order valence-electron chi connectivity index (χ2n) is 7.18. The smallest absolute Gasteiger partial charge is 0.305 e. The molecule has 1 fully saturated rings. The topological polar surface area (TPSA) is 92.4 Å². The van der Waals surface area contributed by atoms with Crippen LogP contribution in [0.3, 0.4) is 0 Å². The van der Waals surface area contributed by atoms with Gasteiger partial charge in [0.15, 0.2) is 0 Å². The number of carbonyl (C=O) groups is 2. The van der Waals surface area contributed by atoms with Crippen LogP contribution in [0.1, 0.15) is 65.7 Å². The number of nitrogens with one attached hydrogen (secondary N) is 1. The average Bonchev–Trinajstić information content (AvgIpc) is 2.26. The molecule has 0 aromatic heterocycles. The summed E-state index contributed by atoms with van der Waals surface area (Å²) in [4.78, 5) is 23.1. The molecule has 1 atom stereocenters. The molecule has 1 unspecified atom stereocenters. The van der Waals surface area contributed by atoms with Gasteiger partial charge in [-0.1, -0.05) is 40.0 Å². The Morgan fingerprint density at radius 1 is 1.25 bits per heavy atom. The molecule has 1 saturated carbocycles. The van der Waals surface area contributed by atoms with Crippen LogP contribution in [0.5, 0.6) is 0 Å². The van der Waals surface area contributed by atoms with E-state index in [1.807, 2.05) is 20.8 Å². The molecule has 0 saturated heterocycles. The van der Waals surface area contributed by atoms with Gasteiger partial charge in [0, 0.05) is 18.0 Å². The number of hydrogen-bond donors (Lipinski definition) is 3. The van der Waals surface area contributed by atoms with Crippen molar-refractivity contribution in [3.05, 3.63) is 0 Å². The van der Waals surface area contributed by atoms with E-state index in [2.05, 4.69) is 5.32 Å². The van der Waals surface area contributed by atoms with Crippen molar-refractivity contribution < 1.29 is 14.7 Å². The molecular formula is C15H28N2O3.